The molecular formula is C22H26N4O5. The minimum absolute atomic E-state index is 0.0264. The summed E-state index contributed by atoms with van der Waals surface area (Å²) in [5.74, 6) is -0.0264. The highest BCUT2D eigenvalue weighted by Gasteiger charge is 2.19. The van der Waals surface area contributed by atoms with Crippen LogP contribution in [0.4, 0.5) is 16.2 Å². The summed E-state index contributed by atoms with van der Waals surface area (Å²) < 4.78 is 0. The Bertz CT molecular complexity index is 943. The molecule has 0 aromatic heterocycles. The maximum Gasteiger partial charge on any atom is 0.407 e. The molecule has 1 aliphatic heterocycles. The van der Waals surface area contributed by atoms with Gasteiger partial charge < -0.3 is 20.2 Å². The summed E-state index contributed by atoms with van der Waals surface area (Å²) in [7, 11) is 0. The number of hydrogen-bond acceptors (Lipinski definition) is 5. The van der Waals surface area contributed by atoms with Crippen LogP contribution in [0, 0.1) is 10.1 Å². The van der Waals surface area contributed by atoms with Crippen molar-refractivity contribution in [2.24, 2.45) is 0 Å². The number of nitro groups is 1. The lowest BCUT2D eigenvalue weighted by atomic mass is 10.1. The second-order valence-electron chi connectivity index (χ2n) is 7.46. The van der Waals surface area contributed by atoms with E-state index in [1.807, 2.05) is 4.90 Å². The average Bonchev–Trinajstić information content (AvgIpc) is 2.78. The van der Waals surface area contributed by atoms with E-state index in [2.05, 4.69) is 5.32 Å². The van der Waals surface area contributed by atoms with Gasteiger partial charge in [-0.25, -0.2) is 4.79 Å². The number of hydrogen-bond donors (Lipinski definition) is 2. The fourth-order valence-electron chi connectivity index (χ4n) is 3.65. The Labute approximate surface area is 180 Å². The number of benzene rings is 2. The van der Waals surface area contributed by atoms with Gasteiger partial charge in [-0.05, 0) is 43.0 Å². The summed E-state index contributed by atoms with van der Waals surface area (Å²) in [6.45, 7) is 1.97. The van der Waals surface area contributed by atoms with Crippen molar-refractivity contribution in [3.63, 3.8) is 0 Å². The first-order valence-electron chi connectivity index (χ1n) is 10.3. The SMILES string of the molecule is O=C(O)N(CCNc1ccccc1[N+](=O)[O-])Cc1cccc(C(=O)N2CCCCC2)c1. The van der Waals surface area contributed by atoms with Crippen LogP contribution in [0.15, 0.2) is 48.5 Å². The fourth-order valence-corrected chi connectivity index (χ4v) is 3.65. The second kappa shape index (κ2) is 10.4. The summed E-state index contributed by atoms with van der Waals surface area (Å²) >= 11 is 0. The van der Waals surface area contributed by atoms with Gasteiger partial charge in [0.15, 0.2) is 0 Å². The monoisotopic (exact) mass is 426 g/mol. The third-order valence-electron chi connectivity index (χ3n) is 5.26. The average molecular weight is 426 g/mol. The summed E-state index contributed by atoms with van der Waals surface area (Å²) in [6.07, 6.45) is 2.05. The topological polar surface area (TPSA) is 116 Å². The largest absolute Gasteiger partial charge is 0.465 e. The van der Waals surface area contributed by atoms with Crippen LogP contribution < -0.4 is 5.32 Å². The third kappa shape index (κ3) is 5.94. The molecule has 2 amide bonds. The molecule has 0 unspecified atom stereocenters. The van der Waals surface area contributed by atoms with Crippen LogP contribution in [0.3, 0.4) is 0 Å². The Balaban J connectivity index is 1.62. The van der Waals surface area contributed by atoms with Crippen LogP contribution in [0.1, 0.15) is 35.2 Å². The summed E-state index contributed by atoms with van der Waals surface area (Å²) in [5.41, 5.74) is 1.55. The summed E-state index contributed by atoms with van der Waals surface area (Å²) in [4.78, 5) is 38.1. The first-order chi connectivity index (χ1) is 15.0. The Morgan fingerprint density at radius 1 is 1.10 bits per heavy atom. The Kier molecular flexibility index (Phi) is 7.42. The van der Waals surface area contributed by atoms with Gasteiger partial charge in [0.1, 0.15) is 5.69 Å². The molecule has 0 atom stereocenters. The molecule has 0 aliphatic carbocycles. The lowest BCUT2D eigenvalue weighted by molar-refractivity contribution is -0.384. The Morgan fingerprint density at radius 3 is 2.55 bits per heavy atom. The van der Waals surface area contributed by atoms with Gasteiger partial charge in [-0.1, -0.05) is 24.3 Å². The molecule has 0 radical (unpaired) electrons. The number of anilines is 1. The van der Waals surface area contributed by atoms with E-state index in [1.165, 1.54) is 11.0 Å². The van der Waals surface area contributed by atoms with Crippen LogP contribution in [0.5, 0.6) is 0 Å². The maximum atomic E-state index is 12.7. The lowest BCUT2D eigenvalue weighted by Gasteiger charge is -2.27. The van der Waals surface area contributed by atoms with Crippen molar-refractivity contribution in [2.75, 3.05) is 31.5 Å². The van der Waals surface area contributed by atoms with Crippen molar-refractivity contribution in [1.82, 2.24) is 9.80 Å². The van der Waals surface area contributed by atoms with E-state index in [9.17, 15) is 24.8 Å². The van der Waals surface area contributed by atoms with Crippen molar-refractivity contribution in [2.45, 2.75) is 25.8 Å². The Morgan fingerprint density at radius 2 is 1.84 bits per heavy atom. The number of piperidine rings is 1. The predicted octanol–water partition coefficient (Wildman–Crippen LogP) is 3.81. The summed E-state index contributed by atoms with van der Waals surface area (Å²) in [6, 6.07) is 13.3. The molecule has 2 N–H and O–H groups in total. The molecule has 3 rings (SSSR count). The van der Waals surface area contributed by atoms with Crippen molar-refractivity contribution in [1.29, 1.82) is 0 Å². The number of nitrogens with one attached hydrogen (secondary N) is 1. The van der Waals surface area contributed by atoms with E-state index < -0.39 is 11.0 Å². The molecule has 1 heterocycles. The zero-order valence-electron chi connectivity index (χ0n) is 17.2. The number of carboxylic acid groups (broad SMARTS) is 1. The highest BCUT2D eigenvalue weighted by atomic mass is 16.6. The van der Waals surface area contributed by atoms with Gasteiger partial charge in [-0.2, -0.15) is 0 Å². The quantitative estimate of drug-likeness (QED) is 0.490. The van der Waals surface area contributed by atoms with Gasteiger partial charge in [0.2, 0.25) is 0 Å². The van der Waals surface area contributed by atoms with E-state index in [4.69, 9.17) is 0 Å². The van der Waals surface area contributed by atoms with Crippen molar-refractivity contribution >= 4 is 23.4 Å². The zero-order chi connectivity index (χ0) is 22.2. The molecular weight excluding hydrogens is 400 g/mol. The Hall–Kier alpha value is -3.62. The summed E-state index contributed by atoms with van der Waals surface area (Å²) in [5, 5.41) is 23.6. The number of likely N-dealkylation sites (tertiary alicyclic amines) is 1. The molecule has 164 valence electrons. The van der Waals surface area contributed by atoms with Gasteiger partial charge in [-0.15, -0.1) is 0 Å². The first-order valence-corrected chi connectivity index (χ1v) is 10.3. The molecule has 9 nitrogen and oxygen atoms in total. The molecule has 1 aliphatic rings. The number of carbonyl (C=O) groups excluding carboxylic acids is 1. The molecule has 9 heteroatoms. The number of para-hydroxylation sites is 2. The lowest BCUT2D eigenvalue weighted by Crippen LogP contribution is -2.36. The van der Waals surface area contributed by atoms with Crippen molar-refractivity contribution in [3.05, 3.63) is 69.8 Å². The van der Waals surface area contributed by atoms with E-state index in [-0.39, 0.29) is 31.2 Å². The predicted molar refractivity (Wildman–Crippen MR) is 116 cm³/mol. The first kappa shape index (κ1) is 22.1. The van der Waals surface area contributed by atoms with Gasteiger partial charge >= 0.3 is 6.09 Å². The number of nitrogens with zero attached hydrogens (tertiary/aromatic N) is 3. The van der Waals surface area contributed by atoms with E-state index in [1.54, 1.807) is 42.5 Å². The van der Waals surface area contributed by atoms with Crippen LogP contribution in [0.2, 0.25) is 0 Å². The fraction of sp³-hybridized carbons (Fsp3) is 0.364. The standard InChI is InChI=1S/C22H26N4O5/c27-21(24-12-4-1-5-13-24)18-8-6-7-17(15-18)16-25(22(28)29)14-11-23-19-9-2-3-10-20(19)26(30)31/h2-3,6-10,15,23H,1,4-5,11-14,16H2,(H,28,29). The van der Waals surface area contributed by atoms with E-state index in [0.29, 0.717) is 11.3 Å². The highest BCUT2D eigenvalue weighted by molar-refractivity contribution is 5.94. The minimum Gasteiger partial charge on any atom is -0.465 e. The maximum absolute atomic E-state index is 12.7. The third-order valence-corrected chi connectivity index (χ3v) is 5.26. The van der Waals surface area contributed by atoms with Crippen molar-refractivity contribution in [3.8, 4) is 0 Å². The molecule has 2 aromatic rings. The minimum atomic E-state index is -1.10. The molecule has 1 saturated heterocycles. The van der Waals surface area contributed by atoms with Crippen LogP contribution in [-0.4, -0.2) is 58.0 Å². The van der Waals surface area contributed by atoms with Gasteiger partial charge in [0, 0.05) is 44.4 Å². The molecule has 0 bridgehead atoms. The van der Waals surface area contributed by atoms with Crippen molar-refractivity contribution < 1.29 is 19.6 Å². The number of carbonyl (C=O) groups is 2. The second-order valence-corrected chi connectivity index (χ2v) is 7.46. The van der Waals surface area contributed by atoms with Crippen LogP contribution in [-0.2, 0) is 6.54 Å². The van der Waals surface area contributed by atoms with Crippen LogP contribution in [0.25, 0.3) is 0 Å². The van der Waals surface area contributed by atoms with E-state index in [0.717, 1.165) is 37.9 Å². The molecule has 0 spiro atoms. The highest BCUT2D eigenvalue weighted by Crippen LogP contribution is 2.23. The molecule has 1 fully saturated rings. The molecule has 0 saturated carbocycles. The molecule has 31 heavy (non-hydrogen) atoms. The van der Waals surface area contributed by atoms with E-state index >= 15 is 0 Å². The van der Waals surface area contributed by atoms with Gasteiger partial charge in [0.25, 0.3) is 11.6 Å². The molecule has 2 aromatic carbocycles. The number of amides is 2. The number of rotatable bonds is 8. The zero-order valence-corrected chi connectivity index (χ0v) is 17.2. The smallest absolute Gasteiger partial charge is 0.407 e. The van der Waals surface area contributed by atoms with Crippen LogP contribution >= 0.6 is 0 Å². The van der Waals surface area contributed by atoms with Gasteiger partial charge in [0.05, 0.1) is 4.92 Å². The van der Waals surface area contributed by atoms with Gasteiger partial charge in [-0.3, -0.25) is 14.9 Å². The number of nitro benzene ring substituents is 1. The normalized spacial score (nSPS) is 13.5.